The molecule has 20 heavy (non-hydrogen) atoms. The van der Waals surface area contributed by atoms with Crippen LogP contribution in [-0.4, -0.2) is 0 Å². The summed E-state index contributed by atoms with van der Waals surface area (Å²) in [7, 11) is 0. The van der Waals surface area contributed by atoms with Gasteiger partial charge in [-0.15, -0.1) is 0 Å². The Labute approximate surface area is 123 Å². The maximum atomic E-state index is 4.26. The third kappa shape index (κ3) is 3.19. The zero-order valence-corrected chi connectivity index (χ0v) is 12.8. The fourth-order valence-corrected chi connectivity index (χ4v) is 2.65. The summed E-state index contributed by atoms with van der Waals surface area (Å²) in [6, 6.07) is 17.3. The Balaban J connectivity index is 2.23. The van der Waals surface area contributed by atoms with E-state index in [1.54, 1.807) is 0 Å². The molecule has 104 valence electrons. The molecule has 1 unspecified atom stereocenters. The molecule has 0 fully saturated rings. The molecule has 0 heterocycles. The van der Waals surface area contributed by atoms with Gasteiger partial charge >= 0.3 is 0 Å². The van der Waals surface area contributed by atoms with Crippen LogP contribution in [0.2, 0.25) is 0 Å². The predicted molar refractivity (Wildman–Crippen MR) is 89.7 cm³/mol. The highest BCUT2D eigenvalue weighted by Gasteiger charge is 2.08. The van der Waals surface area contributed by atoms with E-state index in [0.717, 1.165) is 0 Å². The largest absolute Gasteiger partial charge is 0.0950 e. The topological polar surface area (TPSA) is 0 Å². The molecule has 0 aliphatic heterocycles. The van der Waals surface area contributed by atoms with E-state index in [4.69, 9.17) is 0 Å². The van der Waals surface area contributed by atoms with Crippen LogP contribution in [0.4, 0.5) is 0 Å². The van der Waals surface area contributed by atoms with E-state index in [0.29, 0.717) is 5.92 Å². The van der Waals surface area contributed by atoms with Crippen LogP contribution in [0.5, 0.6) is 0 Å². The van der Waals surface area contributed by atoms with Gasteiger partial charge in [0, 0.05) is 0 Å². The van der Waals surface area contributed by atoms with Gasteiger partial charge in [-0.3, -0.25) is 0 Å². The normalized spacial score (nSPS) is 12.2. The van der Waals surface area contributed by atoms with Crippen molar-refractivity contribution in [3.8, 4) is 11.1 Å². The lowest BCUT2D eigenvalue weighted by Crippen LogP contribution is -1.97. The van der Waals surface area contributed by atoms with Gasteiger partial charge in [-0.25, -0.2) is 0 Å². The molecule has 2 aromatic carbocycles. The molecular formula is C20H24. The van der Waals surface area contributed by atoms with Crippen LogP contribution < -0.4 is 0 Å². The number of aryl methyl sites for hydroxylation is 1. The molecule has 0 heteroatoms. The second-order valence-corrected chi connectivity index (χ2v) is 5.61. The monoisotopic (exact) mass is 264 g/mol. The van der Waals surface area contributed by atoms with Crippen molar-refractivity contribution in [3.63, 3.8) is 0 Å². The number of allylic oxidation sites excluding steroid dienone is 1. The summed E-state index contributed by atoms with van der Waals surface area (Å²) in [6.07, 6.45) is 2.42. The maximum Gasteiger partial charge on any atom is -0.0155 e. The molecule has 0 saturated heterocycles. The zero-order chi connectivity index (χ0) is 14.5. The SMILES string of the molecule is C=C(c1ccc(-c2ccccc2C)cc1)C(C)CCC. The summed E-state index contributed by atoms with van der Waals surface area (Å²) in [6.45, 7) is 10.9. The van der Waals surface area contributed by atoms with E-state index < -0.39 is 0 Å². The van der Waals surface area contributed by atoms with Gasteiger partial charge in [0.05, 0.1) is 0 Å². The Morgan fingerprint density at radius 2 is 1.70 bits per heavy atom. The van der Waals surface area contributed by atoms with E-state index >= 15 is 0 Å². The van der Waals surface area contributed by atoms with E-state index in [1.165, 1.54) is 40.7 Å². The molecule has 0 saturated carbocycles. The van der Waals surface area contributed by atoms with Crippen molar-refractivity contribution >= 4 is 5.57 Å². The summed E-state index contributed by atoms with van der Waals surface area (Å²) < 4.78 is 0. The van der Waals surface area contributed by atoms with Crippen molar-refractivity contribution in [1.82, 2.24) is 0 Å². The van der Waals surface area contributed by atoms with Gasteiger partial charge in [-0.05, 0) is 47.1 Å². The lowest BCUT2D eigenvalue weighted by atomic mass is 9.90. The van der Waals surface area contributed by atoms with Crippen molar-refractivity contribution in [2.45, 2.75) is 33.6 Å². The van der Waals surface area contributed by atoms with Crippen LogP contribution in [0, 0.1) is 12.8 Å². The highest BCUT2D eigenvalue weighted by atomic mass is 14.1. The van der Waals surface area contributed by atoms with E-state index in [1.807, 2.05) is 0 Å². The first-order valence-electron chi connectivity index (χ1n) is 7.48. The molecule has 1 atom stereocenters. The van der Waals surface area contributed by atoms with Crippen LogP contribution in [0.1, 0.15) is 37.8 Å². The molecule has 2 rings (SSSR count). The first-order valence-corrected chi connectivity index (χ1v) is 7.48. The van der Waals surface area contributed by atoms with Crippen LogP contribution >= 0.6 is 0 Å². The molecular weight excluding hydrogens is 240 g/mol. The summed E-state index contributed by atoms with van der Waals surface area (Å²) in [5.41, 5.74) is 6.43. The molecule has 2 aromatic rings. The average Bonchev–Trinajstić information content (AvgIpc) is 2.47. The third-order valence-electron chi connectivity index (χ3n) is 4.03. The molecule has 0 N–H and O–H groups in total. The minimum absolute atomic E-state index is 0.560. The molecule has 0 aromatic heterocycles. The molecule has 0 radical (unpaired) electrons. The first-order chi connectivity index (χ1) is 9.63. The van der Waals surface area contributed by atoms with Crippen molar-refractivity contribution < 1.29 is 0 Å². The lowest BCUT2D eigenvalue weighted by molar-refractivity contribution is 0.651. The van der Waals surface area contributed by atoms with E-state index in [2.05, 4.69) is 75.9 Å². The molecule has 0 amide bonds. The number of rotatable bonds is 5. The zero-order valence-electron chi connectivity index (χ0n) is 12.8. The minimum atomic E-state index is 0.560. The van der Waals surface area contributed by atoms with Crippen molar-refractivity contribution in [1.29, 1.82) is 0 Å². The smallest absolute Gasteiger partial charge is 0.0155 e. The minimum Gasteiger partial charge on any atom is -0.0950 e. The standard InChI is InChI=1S/C20H24/c1-5-8-15(2)17(4)18-11-13-19(14-12-18)20-10-7-6-9-16(20)3/h6-7,9-15H,4-5,8H2,1-3H3. The maximum absolute atomic E-state index is 4.26. The first kappa shape index (κ1) is 14.6. The Morgan fingerprint density at radius 3 is 2.30 bits per heavy atom. The number of hydrogen-bond acceptors (Lipinski definition) is 0. The van der Waals surface area contributed by atoms with Gasteiger partial charge in [0.1, 0.15) is 0 Å². The van der Waals surface area contributed by atoms with Crippen molar-refractivity contribution in [2.75, 3.05) is 0 Å². The van der Waals surface area contributed by atoms with Crippen molar-refractivity contribution in [2.24, 2.45) is 5.92 Å². The molecule has 0 spiro atoms. The van der Waals surface area contributed by atoms with Crippen LogP contribution in [-0.2, 0) is 0 Å². The summed E-state index contributed by atoms with van der Waals surface area (Å²) in [4.78, 5) is 0. The van der Waals surface area contributed by atoms with Gasteiger partial charge in [-0.1, -0.05) is 75.4 Å². The summed E-state index contributed by atoms with van der Waals surface area (Å²) in [5, 5.41) is 0. The molecule has 0 bridgehead atoms. The Morgan fingerprint density at radius 1 is 1.05 bits per heavy atom. The second kappa shape index (κ2) is 6.56. The molecule has 0 aliphatic carbocycles. The Bertz CT molecular complexity index is 575. The van der Waals surface area contributed by atoms with Crippen LogP contribution in [0.3, 0.4) is 0 Å². The summed E-state index contributed by atoms with van der Waals surface area (Å²) >= 11 is 0. The fourth-order valence-electron chi connectivity index (χ4n) is 2.65. The quantitative estimate of drug-likeness (QED) is 0.611. The Kier molecular flexibility index (Phi) is 4.79. The highest BCUT2D eigenvalue weighted by molar-refractivity contribution is 5.71. The average molecular weight is 264 g/mol. The van der Waals surface area contributed by atoms with Gasteiger partial charge in [0.2, 0.25) is 0 Å². The van der Waals surface area contributed by atoms with Gasteiger partial charge in [0.25, 0.3) is 0 Å². The second-order valence-electron chi connectivity index (χ2n) is 5.61. The van der Waals surface area contributed by atoms with Crippen LogP contribution in [0.25, 0.3) is 16.7 Å². The van der Waals surface area contributed by atoms with Gasteiger partial charge in [0.15, 0.2) is 0 Å². The van der Waals surface area contributed by atoms with Gasteiger partial charge in [-0.2, -0.15) is 0 Å². The number of benzene rings is 2. The van der Waals surface area contributed by atoms with Crippen molar-refractivity contribution in [3.05, 3.63) is 66.2 Å². The van der Waals surface area contributed by atoms with E-state index in [9.17, 15) is 0 Å². The lowest BCUT2D eigenvalue weighted by Gasteiger charge is -2.15. The molecule has 0 aliphatic rings. The molecule has 0 nitrogen and oxygen atoms in total. The fraction of sp³-hybridized carbons (Fsp3) is 0.300. The van der Waals surface area contributed by atoms with Gasteiger partial charge < -0.3 is 0 Å². The predicted octanol–water partition coefficient (Wildman–Crippen LogP) is 6.11. The Hall–Kier alpha value is -1.82. The highest BCUT2D eigenvalue weighted by Crippen LogP contribution is 2.28. The summed E-state index contributed by atoms with van der Waals surface area (Å²) in [5.74, 6) is 0.560. The number of hydrogen-bond donors (Lipinski definition) is 0. The van der Waals surface area contributed by atoms with Crippen LogP contribution in [0.15, 0.2) is 55.1 Å². The van der Waals surface area contributed by atoms with E-state index in [-0.39, 0.29) is 0 Å². The third-order valence-corrected chi connectivity index (χ3v) is 4.03.